The van der Waals surface area contributed by atoms with Crippen molar-refractivity contribution in [1.82, 2.24) is 0 Å². The summed E-state index contributed by atoms with van der Waals surface area (Å²) in [5.41, 5.74) is 0.250. The third kappa shape index (κ3) is 3.80. The van der Waals surface area contributed by atoms with Gasteiger partial charge in [-0.1, -0.05) is 19.1 Å². The number of hydrogen-bond acceptors (Lipinski definition) is 3. The van der Waals surface area contributed by atoms with E-state index in [9.17, 15) is 4.79 Å². The van der Waals surface area contributed by atoms with E-state index in [0.717, 1.165) is 12.0 Å². The Bertz CT molecular complexity index is 430. The Morgan fingerprint density at radius 2 is 1.63 bits per heavy atom. The summed E-state index contributed by atoms with van der Waals surface area (Å²) in [4.78, 5) is 12.0. The molecule has 0 atom stereocenters. The van der Waals surface area contributed by atoms with Gasteiger partial charge in [0.15, 0.2) is 0 Å². The Morgan fingerprint density at radius 3 is 2.05 bits per heavy atom. The maximum Gasteiger partial charge on any atom is 0.316 e. The van der Waals surface area contributed by atoms with Gasteiger partial charge in [-0.3, -0.25) is 4.79 Å². The first-order chi connectivity index (χ1) is 8.73. The molecule has 3 heteroatoms. The maximum absolute atomic E-state index is 12.0. The van der Waals surface area contributed by atoms with Crippen LogP contribution in [-0.4, -0.2) is 13.1 Å². The average molecular weight is 264 g/mol. The van der Waals surface area contributed by atoms with Crippen molar-refractivity contribution in [3.8, 4) is 5.75 Å². The van der Waals surface area contributed by atoms with Gasteiger partial charge in [-0.15, -0.1) is 0 Å². The summed E-state index contributed by atoms with van der Waals surface area (Å²) in [7, 11) is 1.68. The van der Waals surface area contributed by atoms with E-state index in [1.165, 1.54) is 0 Å². The lowest BCUT2D eigenvalue weighted by atomic mass is 9.91. The molecule has 1 aromatic carbocycles. The molecule has 1 rings (SSSR count). The van der Waals surface area contributed by atoms with Gasteiger partial charge in [-0.25, -0.2) is 0 Å². The fourth-order valence-electron chi connectivity index (χ4n) is 1.43. The third-order valence-corrected chi connectivity index (χ3v) is 3.71. The largest absolute Gasteiger partial charge is 0.426 e. The van der Waals surface area contributed by atoms with Crippen LogP contribution in [0.2, 0.25) is 0 Å². The number of carbonyl (C=O) groups excluding carboxylic acids is 1. The molecule has 0 bridgehead atoms. The fourth-order valence-corrected chi connectivity index (χ4v) is 1.43. The van der Waals surface area contributed by atoms with Crippen molar-refractivity contribution < 1.29 is 14.3 Å². The molecule has 0 fully saturated rings. The van der Waals surface area contributed by atoms with Crippen LogP contribution in [0.5, 0.6) is 5.75 Å². The van der Waals surface area contributed by atoms with Gasteiger partial charge in [-0.2, -0.15) is 0 Å². The highest BCUT2D eigenvalue weighted by atomic mass is 16.5. The lowest BCUT2D eigenvalue weighted by Crippen LogP contribution is -2.28. The van der Waals surface area contributed by atoms with Gasteiger partial charge in [0.2, 0.25) is 0 Å². The summed E-state index contributed by atoms with van der Waals surface area (Å²) in [6.45, 7) is 9.74. The SMILES string of the molecule is CCC(C)(C)C(=O)Oc1ccc(C(C)(C)OC)cc1. The Balaban J connectivity index is 2.81. The first-order valence-electron chi connectivity index (χ1n) is 6.61. The summed E-state index contributed by atoms with van der Waals surface area (Å²) in [5.74, 6) is 0.371. The number of methoxy groups -OCH3 is 1. The molecule has 0 aliphatic heterocycles. The molecular weight excluding hydrogens is 240 g/mol. The number of carbonyl (C=O) groups is 1. The van der Waals surface area contributed by atoms with Gasteiger partial charge in [-0.05, 0) is 51.8 Å². The Kier molecular flexibility index (Phi) is 4.75. The Morgan fingerprint density at radius 1 is 1.11 bits per heavy atom. The predicted molar refractivity (Wildman–Crippen MR) is 76.2 cm³/mol. The Hall–Kier alpha value is -1.35. The second kappa shape index (κ2) is 5.74. The van der Waals surface area contributed by atoms with E-state index < -0.39 is 5.41 Å². The zero-order chi connectivity index (χ0) is 14.7. The van der Waals surface area contributed by atoms with Crippen LogP contribution in [0, 0.1) is 5.41 Å². The van der Waals surface area contributed by atoms with E-state index in [1.54, 1.807) is 19.2 Å². The maximum atomic E-state index is 12.0. The van der Waals surface area contributed by atoms with E-state index in [4.69, 9.17) is 9.47 Å². The first kappa shape index (κ1) is 15.7. The monoisotopic (exact) mass is 264 g/mol. The third-order valence-electron chi connectivity index (χ3n) is 3.71. The number of hydrogen-bond donors (Lipinski definition) is 0. The molecule has 19 heavy (non-hydrogen) atoms. The molecule has 0 N–H and O–H groups in total. The highest BCUT2D eigenvalue weighted by molar-refractivity contribution is 5.78. The van der Waals surface area contributed by atoms with Crippen molar-refractivity contribution in [3.63, 3.8) is 0 Å². The predicted octanol–water partition coefficient (Wildman–Crippen LogP) is 3.91. The highest BCUT2D eigenvalue weighted by Crippen LogP contribution is 2.27. The van der Waals surface area contributed by atoms with E-state index in [-0.39, 0.29) is 11.6 Å². The van der Waals surface area contributed by atoms with E-state index in [2.05, 4.69) is 0 Å². The number of ether oxygens (including phenoxy) is 2. The summed E-state index contributed by atoms with van der Waals surface area (Å²) in [5, 5.41) is 0. The highest BCUT2D eigenvalue weighted by Gasteiger charge is 2.27. The van der Waals surface area contributed by atoms with Crippen LogP contribution in [0.15, 0.2) is 24.3 Å². The number of rotatable bonds is 5. The molecular formula is C16H24O3. The van der Waals surface area contributed by atoms with Crippen LogP contribution in [0.4, 0.5) is 0 Å². The van der Waals surface area contributed by atoms with Gasteiger partial charge < -0.3 is 9.47 Å². The molecule has 0 aliphatic carbocycles. The molecule has 0 unspecified atom stereocenters. The second-order valence-electron chi connectivity index (χ2n) is 5.87. The fraction of sp³-hybridized carbons (Fsp3) is 0.562. The zero-order valence-corrected chi connectivity index (χ0v) is 12.7. The van der Waals surface area contributed by atoms with E-state index in [1.807, 2.05) is 46.8 Å². The van der Waals surface area contributed by atoms with Crippen molar-refractivity contribution in [2.75, 3.05) is 7.11 Å². The van der Waals surface area contributed by atoms with Crippen LogP contribution < -0.4 is 4.74 Å². The standard InChI is InChI=1S/C16H24O3/c1-7-15(2,3)14(17)19-13-10-8-12(9-11-13)16(4,5)18-6/h8-11H,7H2,1-6H3. The van der Waals surface area contributed by atoms with Gasteiger partial charge in [0, 0.05) is 7.11 Å². The molecule has 0 aromatic heterocycles. The molecule has 0 saturated carbocycles. The summed E-state index contributed by atoms with van der Waals surface area (Å²) in [6, 6.07) is 7.45. The summed E-state index contributed by atoms with van der Waals surface area (Å²) >= 11 is 0. The van der Waals surface area contributed by atoms with Crippen molar-refractivity contribution in [3.05, 3.63) is 29.8 Å². The zero-order valence-electron chi connectivity index (χ0n) is 12.7. The van der Waals surface area contributed by atoms with Gasteiger partial charge in [0.1, 0.15) is 5.75 Å². The average Bonchev–Trinajstić information content (AvgIpc) is 2.39. The summed E-state index contributed by atoms with van der Waals surface area (Å²) < 4.78 is 10.8. The smallest absolute Gasteiger partial charge is 0.316 e. The van der Waals surface area contributed by atoms with Crippen LogP contribution in [0.3, 0.4) is 0 Å². The summed E-state index contributed by atoms with van der Waals surface area (Å²) in [6.07, 6.45) is 0.751. The minimum absolute atomic E-state index is 0.200. The van der Waals surface area contributed by atoms with Crippen molar-refractivity contribution in [2.45, 2.75) is 46.6 Å². The van der Waals surface area contributed by atoms with Crippen LogP contribution >= 0.6 is 0 Å². The van der Waals surface area contributed by atoms with E-state index in [0.29, 0.717) is 5.75 Å². The molecule has 1 aromatic rings. The van der Waals surface area contributed by atoms with Gasteiger partial charge in [0.25, 0.3) is 0 Å². The molecule has 0 heterocycles. The molecule has 0 saturated heterocycles. The van der Waals surface area contributed by atoms with Gasteiger partial charge >= 0.3 is 5.97 Å². The second-order valence-corrected chi connectivity index (χ2v) is 5.87. The van der Waals surface area contributed by atoms with Crippen LogP contribution in [-0.2, 0) is 15.1 Å². The Labute approximate surface area is 115 Å². The van der Waals surface area contributed by atoms with E-state index >= 15 is 0 Å². The van der Waals surface area contributed by atoms with Crippen molar-refractivity contribution >= 4 is 5.97 Å². The quantitative estimate of drug-likeness (QED) is 0.597. The van der Waals surface area contributed by atoms with Crippen LogP contribution in [0.1, 0.15) is 46.6 Å². The number of benzene rings is 1. The molecule has 106 valence electrons. The molecule has 0 radical (unpaired) electrons. The van der Waals surface area contributed by atoms with Crippen molar-refractivity contribution in [1.29, 1.82) is 0 Å². The lowest BCUT2D eigenvalue weighted by molar-refractivity contribution is -0.144. The molecule has 0 aliphatic rings. The molecule has 0 spiro atoms. The minimum Gasteiger partial charge on any atom is -0.426 e. The van der Waals surface area contributed by atoms with Crippen molar-refractivity contribution in [2.24, 2.45) is 5.41 Å². The topological polar surface area (TPSA) is 35.5 Å². The normalized spacial score (nSPS) is 12.3. The number of esters is 1. The molecule has 3 nitrogen and oxygen atoms in total. The first-order valence-corrected chi connectivity index (χ1v) is 6.61. The minimum atomic E-state index is -0.454. The molecule has 0 amide bonds. The van der Waals surface area contributed by atoms with Crippen LogP contribution in [0.25, 0.3) is 0 Å². The lowest BCUT2D eigenvalue weighted by Gasteiger charge is -2.24. The van der Waals surface area contributed by atoms with Gasteiger partial charge in [0.05, 0.1) is 11.0 Å².